The van der Waals surface area contributed by atoms with Gasteiger partial charge in [0, 0.05) is 24.7 Å². The van der Waals surface area contributed by atoms with Gasteiger partial charge in [-0.3, -0.25) is 14.9 Å². The lowest BCUT2D eigenvalue weighted by Crippen LogP contribution is -2.28. The van der Waals surface area contributed by atoms with Crippen LogP contribution >= 0.6 is 24.2 Å². The zero-order valence-corrected chi connectivity index (χ0v) is 15.5. The number of para-hydroxylation sites is 1. The van der Waals surface area contributed by atoms with Crippen LogP contribution in [-0.2, 0) is 4.79 Å². The fourth-order valence-corrected chi connectivity index (χ4v) is 3.50. The molecule has 0 aliphatic carbocycles. The summed E-state index contributed by atoms with van der Waals surface area (Å²) in [6.45, 7) is -0.406. The highest BCUT2D eigenvalue weighted by molar-refractivity contribution is 8.18. The Balaban J connectivity index is 0.00000261. The Hall–Kier alpha value is -1.91. The molecule has 2 aliphatic heterocycles. The molecule has 0 spiro atoms. The maximum atomic E-state index is 12.6. The summed E-state index contributed by atoms with van der Waals surface area (Å²) in [6.07, 6.45) is -2.30. The fraction of sp³-hybridized carbons (Fsp3) is 0.375. The normalized spacial score (nSPS) is 21.4. The Morgan fingerprint density at radius 1 is 1.37 bits per heavy atom. The Morgan fingerprint density at radius 2 is 2.11 bits per heavy atom. The highest BCUT2D eigenvalue weighted by Gasteiger charge is 2.31. The molecule has 1 aromatic rings. The highest BCUT2D eigenvalue weighted by Crippen LogP contribution is 2.38. The number of carbonyl (C=O) groups is 2. The van der Waals surface area contributed by atoms with E-state index in [0.717, 1.165) is 11.8 Å². The molecule has 2 saturated heterocycles. The van der Waals surface area contributed by atoms with Gasteiger partial charge in [0.15, 0.2) is 6.61 Å². The second kappa shape index (κ2) is 8.41. The number of benzene rings is 1. The maximum absolute atomic E-state index is 12.6. The molecular weight excluding hydrogens is 407 g/mol. The number of thioether (sulfide) groups is 1. The lowest BCUT2D eigenvalue weighted by molar-refractivity contribution is -0.153. The number of amides is 2. The first-order valence-electron chi connectivity index (χ1n) is 7.81. The van der Waals surface area contributed by atoms with Crippen LogP contribution in [0.5, 0.6) is 5.75 Å². The molecule has 1 aromatic carbocycles. The Morgan fingerprint density at radius 3 is 2.67 bits per heavy atom. The van der Waals surface area contributed by atoms with Crippen molar-refractivity contribution < 1.29 is 27.5 Å². The van der Waals surface area contributed by atoms with Crippen LogP contribution in [0.15, 0.2) is 23.1 Å². The van der Waals surface area contributed by atoms with Crippen molar-refractivity contribution in [3.8, 4) is 5.75 Å². The quantitative estimate of drug-likeness (QED) is 0.724. The SMILES string of the molecule is Cl.N[C@H]1CCN(c2c(C=C3SC(=O)NC3=O)cccc2OCC(F)(F)F)C1. The Labute approximate surface area is 163 Å². The van der Waals surface area contributed by atoms with Crippen molar-refractivity contribution in [2.45, 2.75) is 18.6 Å². The van der Waals surface area contributed by atoms with Crippen LogP contribution in [0.4, 0.5) is 23.7 Å². The minimum atomic E-state index is -4.47. The van der Waals surface area contributed by atoms with Gasteiger partial charge in [0.2, 0.25) is 0 Å². The molecule has 0 bridgehead atoms. The average molecular weight is 424 g/mol. The number of nitrogens with two attached hydrogens (primary N) is 1. The first kappa shape index (κ1) is 21.4. The summed E-state index contributed by atoms with van der Waals surface area (Å²) in [6, 6.07) is 4.54. The zero-order valence-electron chi connectivity index (χ0n) is 13.9. The number of carbonyl (C=O) groups excluding carboxylic acids is 2. The van der Waals surface area contributed by atoms with E-state index in [-0.39, 0.29) is 29.1 Å². The standard InChI is InChI=1S/C16H16F3N3O3S.ClH/c17-16(18,19)8-25-11-3-1-2-9(6-12-14(23)21-15(24)26-12)13(11)22-5-4-10(20)7-22;/h1-3,6,10H,4-5,7-8,20H2,(H,21,23,24);1H/t10-;/m0./s1. The molecule has 2 heterocycles. The maximum Gasteiger partial charge on any atom is 0.422 e. The minimum absolute atomic E-state index is 0. The number of rotatable bonds is 4. The number of imide groups is 1. The lowest BCUT2D eigenvalue weighted by Gasteiger charge is -2.24. The van der Waals surface area contributed by atoms with Crippen molar-refractivity contribution in [1.29, 1.82) is 0 Å². The summed E-state index contributed by atoms with van der Waals surface area (Å²) in [7, 11) is 0. The summed E-state index contributed by atoms with van der Waals surface area (Å²) >= 11 is 0.741. The molecular formula is C16H17ClF3N3O3S. The Bertz CT molecular complexity index is 773. The molecule has 11 heteroatoms. The van der Waals surface area contributed by atoms with Gasteiger partial charge in [-0.15, -0.1) is 12.4 Å². The van der Waals surface area contributed by atoms with E-state index in [0.29, 0.717) is 30.8 Å². The van der Waals surface area contributed by atoms with Gasteiger partial charge >= 0.3 is 6.18 Å². The van der Waals surface area contributed by atoms with Crippen LogP contribution < -0.4 is 20.7 Å². The molecule has 2 amide bonds. The van der Waals surface area contributed by atoms with E-state index < -0.39 is 23.9 Å². The van der Waals surface area contributed by atoms with Gasteiger partial charge in [-0.1, -0.05) is 12.1 Å². The number of hydrogen-bond donors (Lipinski definition) is 2. The van der Waals surface area contributed by atoms with Crippen LogP contribution in [0.3, 0.4) is 0 Å². The van der Waals surface area contributed by atoms with Gasteiger partial charge in [-0.25, -0.2) is 0 Å². The molecule has 3 rings (SSSR count). The molecule has 2 fully saturated rings. The van der Waals surface area contributed by atoms with Gasteiger partial charge < -0.3 is 15.4 Å². The zero-order chi connectivity index (χ0) is 18.9. The first-order chi connectivity index (χ1) is 12.2. The molecule has 0 radical (unpaired) electrons. The smallest absolute Gasteiger partial charge is 0.422 e. The second-order valence-electron chi connectivity index (χ2n) is 5.94. The van der Waals surface area contributed by atoms with Gasteiger partial charge in [0.1, 0.15) is 5.75 Å². The monoisotopic (exact) mass is 423 g/mol. The highest BCUT2D eigenvalue weighted by atomic mass is 35.5. The van der Waals surface area contributed by atoms with E-state index in [1.807, 2.05) is 4.90 Å². The summed E-state index contributed by atoms with van der Waals surface area (Å²) in [5.41, 5.74) is 6.85. The van der Waals surface area contributed by atoms with Crippen molar-refractivity contribution in [2.24, 2.45) is 5.73 Å². The molecule has 148 valence electrons. The van der Waals surface area contributed by atoms with E-state index in [2.05, 4.69) is 5.32 Å². The Kier molecular flexibility index (Phi) is 6.66. The third-order valence-corrected chi connectivity index (χ3v) is 4.70. The minimum Gasteiger partial charge on any atom is -0.482 e. The van der Waals surface area contributed by atoms with E-state index >= 15 is 0 Å². The van der Waals surface area contributed by atoms with Gasteiger partial charge in [0.25, 0.3) is 11.1 Å². The van der Waals surface area contributed by atoms with E-state index in [1.165, 1.54) is 18.2 Å². The van der Waals surface area contributed by atoms with Crippen molar-refractivity contribution in [3.05, 3.63) is 28.7 Å². The molecule has 27 heavy (non-hydrogen) atoms. The van der Waals surface area contributed by atoms with Crippen molar-refractivity contribution in [1.82, 2.24) is 5.32 Å². The van der Waals surface area contributed by atoms with Crippen LogP contribution in [0, 0.1) is 0 Å². The largest absolute Gasteiger partial charge is 0.482 e. The number of ether oxygens (including phenoxy) is 1. The average Bonchev–Trinajstić information content (AvgIpc) is 3.10. The molecule has 3 N–H and O–H groups in total. The summed E-state index contributed by atoms with van der Waals surface area (Å²) < 4.78 is 42.7. The number of anilines is 1. The molecule has 0 unspecified atom stereocenters. The third kappa shape index (κ3) is 5.30. The van der Waals surface area contributed by atoms with Crippen molar-refractivity contribution in [3.63, 3.8) is 0 Å². The first-order valence-corrected chi connectivity index (χ1v) is 8.62. The third-order valence-electron chi connectivity index (χ3n) is 3.89. The van der Waals surface area contributed by atoms with Crippen molar-refractivity contribution in [2.75, 3.05) is 24.6 Å². The van der Waals surface area contributed by atoms with Crippen molar-refractivity contribution >= 4 is 47.1 Å². The number of nitrogens with one attached hydrogen (secondary N) is 1. The van der Waals surface area contributed by atoms with Crippen LogP contribution in [0.2, 0.25) is 0 Å². The predicted octanol–water partition coefficient (Wildman–Crippen LogP) is 2.91. The number of alkyl halides is 3. The van der Waals surface area contributed by atoms with E-state index in [4.69, 9.17) is 10.5 Å². The van der Waals surface area contributed by atoms with E-state index in [1.54, 1.807) is 6.07 Å². The number of halogens is 4. The van der Waals surface area contributed by atoms with Crippen LogP contribution in [0.1, 0.15) is 12.0 Å². The van der Waals surface area contributed by atoms with Gasteiger partial charge in [-0.05, 0) is 30.3 Å². The molecule has 2 aliphatic rings. The predicted molar refractivity (Wildman–Crippen MR) is 99.2 cm³/mol. The summed E-state index contributed by atoms with van der Waals surface area (Å²) in [5.74, 6) is -0.480. The summed E-state index contributed by atoms with van der Waals surface area (Å²) in [4.78, 5) is 25.1. The molecule has 6 nitrogen and oxygen atoms in total. The van der Waals surface area contributed by atoms with Crippen LogP contribution in [-0.4, -0.2) is 43.1 Å². The topological polar surface area (TPSA) is 84.7 Å². The van der Waals surface area contributed by atoms with E-state index in [9.17, 15) is 22.8 Å². The second-order valence-corrected chi connectivity index (χ2v) is 6.96. The summed E-state index contributed by atoms with van der Waals surface area (Å²) in [5, 5.41) is 1.66. The lowest BCUT2D eigenvalue weighted by atomic mass is 10.1. The number of nitrogens with zero attached hydrogens (tertiary/aromatic N) is 1. The van der Waals surface area contributed by atoms with Gasteiger partial charge in [-0.2, -0.15) is 13.2 Å². The number of hydrogen-bond acceptors (Lipinski definition) is 6. The molecule has 1 atom stereocenters. The molecule has 0 saturated carbocycles. The van der Waals surface area contributed by atoms with Gasteiger partial charge in [0.05, 0.1) is 10.6 Å². The fourth-order valence-electron chi connectivity index (χ4n) is 2.82. The van der Waals surface area contributed by atoms with Crippen LogP contribution in [0.25, 0.3) is 6.08 Å². The molecule has 0 aromatic heterocycles.